The highest BCUT2D eigenvalue weighted by atomic mass is 35.5. The molecule has 3 aromatic carbocycles. The van der Waals surface area contributed by atoms with E-state index in [1.165, 1.54) is 0 Å². The van der Waals surface area contributed by atoms with Gasteiger partial charge in [0.05, 0.1) is 27.2 Å². The molecule has 0 aliphatic rings. The first-order valence-corrected chi connectivity index (χ1v) is 9.29. The molecule has 0 aliphatic carbocycles. The summed E-state index contributed by atoms with van der Waals surface area (Å²) in [7, 11) is 0. The Hall–Kier alpha value is -3.82. The number of anilines is 4. The molecule has 0 fully saturated rings. The van der Waals surface area contributed by atoms with Gasteiger partial charge < -0.3 is 16.8 Å². The van der Waals surface area contributed by atoms with Gasteiger partial charge in [0, 0.05) is 12.1 Å². The number of nitrogens with zero attached hydrogens (tertiary/aromatic N) is 3. The summed E-state index contributed by atoms with van der Waals surface area (Å²) in [5.74, 6) is 0.188. The molecule has 29 heavy (non-hydrogen) atoms. The van der Waals surface area contributed by atoms with Crippen LogP contribution < -0.4 is 16.8 Å². The molecule has 0 saturated carbocycles. The van der Waals surface area contributed by atoms with Gasteiger partial charge in [-0.25, -0.2) is 4.98 Å². The smallest absolute Gasteiger partial charge is 0.222 e. The zero-order chi connectivity index (χ0) is 20.4. The maximum atomic E-state index is 10.0. The van der Waals surface area contributed by atoms with Crippen molar-refractivity contribution < 1.29 is 0 Å². The van der Waals surface area contributed by atoms with Crippen molar-refractivity contribution in [2.75, 3.05) is 16.8 Å². The van der Waals surface area contributed by atoms with E-state index in [0.29, 0.717) is 39.2 Å². The summed E-state index contributed by atoms with van der Waals surface area (Å²) in [5.41, 5.74) is 15.8. The molecule has 0 unspecified atom stereocenters. The topological polar surface area (TPSA) is 114 Å². The summed E-state index contributed by atoms with van der Waals surface area (Å²) in [4.78, 5) is 8.39. The lowest BCUT2D eigenvalue weighted by atomic mass is 9.95. The van der Waals surface area contributed by atoms with Gasteiger partial charge in [0.25, 0.3) is 0 Å². The Kier molecular flexibility index (Phi) is 4.90. The van der Waals surface area contributed by atoms with Gasteiger partial charge in [-0.2, -0.15) is 10.2 Å². The second-order valence-electron chi connectivity index (χ2n) is 6.50. The fourth-order valence-electron chi connectivity index (χ4n) is 3.31. The Labute approximate surface area is 172 Å². The van der Waals surface area contributed by atoms with Crippen molar-refractivity contribution in [1.29, 1.82) is 5.26 Å². The Bertz CT molecular complexity index is 1230. The van der Waals surface area contributed by atoms with Gasteiger partial charge in [0.1, 0.15) is 11.9 Å². The Morgan fingerprint density at radius 3 is 2.28 bits per heavy atom. The molecular formula is C22H17ClN6. The van der Waals surface area contributed by atoms with Gasteiger partial charge in [-0.15, -0.1) is 0 Å². The fraction of sp³-hybridized carbons (Fsp3) is 0.0455. The van der Waals surface area contributed by atoms with Gasteiger partial charge in [0.15, 0.2) is 0 Å². The summed E-state index contributed by atoms with van der Waals surface area (Å²) < 4.78 is 0. The number of para-hydroxylation sites is 1. The molecule has 0 spiro atoms. The summed E-state index contributed by atoms with van der Waals surface area (Å²) in [5, 5.41) is 14.1. The first kappa shape index (κ1) is 18.5. The third kappa shape index (κ3) is 3.51. The number of hydrogen-bond acceptors (Lipinski definition) is 6. The first-order valence-electron chi connectivity index (χ1n) is 8.91. The van der Waals surface area contributed by atoms with E-state index in [1.807, 2.05) is 60.7 Å². The van der Waals surface area contributed by atoms with Gasteiger partial charge in [-0.1, -0.05) is 60.1 Å². The first-order chi connectivity index (χ1) is 14.1. The molecule has 6 nitrogen and oxygen atoms in total. The summed E-state index contributed by atoms with van der Waals surface area (Å²) in [6.45, 7) is 0. The lowest BCUT2D eigenvalue weighted by Crippen LogP contribution is -2.07. The summed E-state index contributed by atoms with van der Waals surface area (Å²) in [6, 6.07) is 21.6. The number of benzene rings is 3. The van der Waals surface area contributed by atoms with Gasteiger partial charge in [-0.05, 0) is 23.3 Å². The Morgan fingerprint density at radius 1 is 0.966 bits per heavy atom. The highest BCUT2D eigenvalue weighted by molar-refractivity contribution is 6.37. The number of nitrogens with one attached hydrogen (secondary N) is 1. The minimum Gasteiger partial charge on any atom is -0.383 e. The van der Waals surface area contributed by atoms with E-state index in [4.69, 9.17) is 23.1 Å². The number of hydrogen-bond donors (Lipinski definition) is 3. The molecule has 5 N–H and O–H groups in total. The largest absolute Gasteiger partial charge is 0.383 e. The van der Waals surface area contributed by atoms with Gasteiger partial charge in [0.2, 0.25) is 5.95 Å². The molecule has 0 amide bonds. The Balaban J connectivity index is 2.02. The average Bonchev–Trinajstić information content (AvgIpc) is 2.73. The number of nitriles is 1. The zero-order valence-corrected chi connectivity index (χ0v) is 16.1. The molecular weight excluding hydrogens is 384 g/mol. The summed E-state index contributed by atoms with van der Waals surface area (Å²) in [6.07, 6.45) is 0.464. The number of halogens is 1. The monoisotopic (exact) mass is 400 g/mol. The van der Waals surface area contributed by atoms with Crippen LogP contribution in [-0.4, -0.2) is 9.97 Å². The Morgan fingerprint density at radius 2 is 1.62 bits per heavy atom. The van der Waals surface area contributed by atoms with Crippen LogP contribution in [0, 0.1) is 11.3 Å². The molecule has 4 rings (SSSR count). The van der Waals surface area contributed by atoms with E-state index in [9.17, 15) is 5.26 Å². The average molecular weight is 401 g/mol. The van der Waals surface area contributed by atoms with E-state index in [1.54, 1.807) is 0 Å². The van der Waals surface area contributed by atoms with Crippen molar-refractivity contribution in [3.05, 3.63) is 82.4 Å². The SMILES string of the molecule is N#Cc1c(Cc2ccccc2)c(Cl)c2nc(N)nc(N)c2c1Nc1ccccc1. The molecule has 7 heteroatoms. The van der Waals surface area contributed by atoms with E-state index < -0.39 is 0 Å². The molecule has 4 aromatic rings. The van der Waals surface area contributed by atoms with Crippen LogP contribution in [0.25, 0.3) is 10.9 Å². The number of rotatable bonds is 4. The predicted molar refractivity (Wildman–Crippen MR) is 117 cm³/mol. The minimum atomic E-state index is 0.0259. The third-order valence-electron chi connectivity index (χ3n) is 4.61. The molecule has 0 atom stereocenters. The third-order valence-corrected chi connectivity index (χ3v) is 5.01. The van der Waals surface area contributed by atoms with Gasteiger partial charge >= 0.3 is 0 Å². The fourth-order valence-corrected chi connectivity index (χ4v) is 3.61. The van der Waals surface area contributed by atoms with Crippen LogP contribution in [0.5, 0.6) is 0 Å². The van der Waals surface area contributed by atoms with Crippen molar-refractivity contribution in [3.63, 3.8) is 0 Å². The molecule has 0 saturated heterocycles. The minimum absolute atomic E-state index is 0.0259. The lowest BCUT2D eigenvalue weighted by molar-refractivity contribution is 1.17. The summed E-state index contributed by atoms with van der Waals surface area (Å²) >= 11 is 6.71. The van der Waals surface area contributed by atoms with Crippen LogP contribution in [0.3, 0.4) is 0 Å². The molecule has 0 radical (unpaired) electrons. The normalized spacial score (nSPS) is 10.6. The second-order valence-corrected chi connectivity index (χ2v) is 6.88. The molecule has 0 aliphatic heterocycles. The van der Waals surface area contributed by atoms with Crippen LogP contribution in [0.4, 0.5) is 23.1 Å². The van der Waals surface area contributed by atoms with E-state index in [0.717, 1.165) is 11.3 Å². The van der Waals surface area contributed by atoms with Gasteiger partial charge in [-0.3, -0.25) is 0 Å². The van der Waals surface area contributed by atoms with E-state index in [2.05, 4.69) is 21.4 Å². The number of nitrogens with two attached hydrogens (primary N) is 2. The van der Waals surface area contributed by atoms with Crippen molar-refractivity contribution in [2.24, 2.45) is 0 Å². The molecule has 142 valence electrons. The molecule has 0 bridgehead atoms. The van der Waals surface area contributed by atoms with Crippen molar-refractivity contribution in [2.45, 2.75) is 6.42 Å². The van der Waals surface area contributed by atoms with Crippen LogP contribution in [0.1, 0.15) is 16.7 Å². The van der Waals surface area contributed by atoms with Crippen molar-refractivity contribution in [3.8, 4) is 6.07 Å². The zero-order valence-electron chi connectivity index (χ0n) is 15.4. The van der Waals surface area contributed by atoms with E-state index in [-0.39, 0.29) is 11.8 Å². The van der Waals surface area contributed by atoms with Crippen molar-refractivity contribution in [1.82, 2.24) is 9.97 Å². The highest BCUT2D eigenvalue weighted by Gasteiger charge is 2.22. The van der Waals surface area contributed by atoms with E-state index >= 15 is 0 Å². The highest BCUT2D eigenvalue weighted by Crippen LogP contribution is 2.41. The lowest BCUT2D eigenvalue weighted by Gasteiger charge is -2.18. The van der Waals surface area contributed by atoms with Crippen LogP contribution in [0.2, 0.25) is 5.02 Å². The van der Waals surface area contributed by atoms with Crippen LogP contribution >= 0.6 is 11.6 Å². The standard InChI is InChI=1S/C22H17ClN6/c23-18-15(11-13-7-3-1-4-8-13)16(12-24)19(27-14-9-5-2-6-10-14)17-20(18)28-22(26)29-21(17)25/h1-10,27H,11H2,(H4,25,26,28,29). The van der Waals surface area contributed by atoms with Crippen LogP contribution in [0.15, 0.2) is 60.7 Å². The number of nitrogen functional groups attached to an aromatic ring is 2. The maximum Gasteiger partial charge on any atom is 0.222 e. The number of fused-ring (bicyclic) bond motifs is 1. The van der Waals surface area contributed by atoms with Crippen molar-refractivity contribution >= 4 is 45.6 Å². The maximum absolute atomic E-state index is 10.0. The van der Waals surface area contributed by atoms with Crippen LogP contribution in [-0.2, 0) is 6.42 Å². The predicted octanol–water partition coefficient (Wildman–Crippen LogP) is 4.65. The number of aromatic nitrogens is 2. The quantitative estimate of drug-likeness (QED) is 0.459. The molecule has 1 aromatic heterocycles. The second kappa shape index (κ2) is 7.66. The molecule has 1 heterocycles.